The van der Waals surface area contributed by atoms with Crippen LogP contribution >= 0.6 is 0 Å². The lowest BCUT2D eigenvalue weighted by Gasteiger charge is -2.17. The Balaban J connectivity index is 2.48. The molecule has 1 N–H and O–H groups in total. The SMILES string of the molecule is COCCCNc1nccc(CC(C)(C)C)n1. The van der Waals surface area contributed by atoms with Crippen LogP contribution in [0.5, 0.6) is 0 Å². The maximum atomic E-state index is 4.99. The Morgan fingerprint density at radius 2 is 2.12 bits per heavy atom. The number of nitrogens with zero attached hydrogens (tertiary/aromatic N) is 2. The van der Waals surface area contributed by atoms with Crippen LogP contribution < -0.4 is 5.32 Å². The second-order valence-corrected chi connectivity index (χ2v) is 5.38. The number of hydrogen-bond acceptors (Lipinski definition) is 4. The van der Waals surface area contributed by atoms with Crippen molar-refractivity contribution in [1.29, 1.82) is 0 Å². The summed E-state index contributed by atoms with van der Waals surface area (Å²) in [6.45, 7) is 8.23. The summed E-state index contributed by atoms with van der Waals surface area (Å²) in [5.41, 5.74) is 1.34. The highest BCUT2D eigenvalue weighted by Gasteiger charge is 2.12. The average molecular weight is 237 g/mol. The average Bonchev–Trinajstić information content (AvgIpc) is 2.23. The van der Waals surface area contributed by atoms with Crippen molar-refractivity contribution in [2.75, 3.05) is 25.6 Å². The standard InChI is InChI=1S/C13H23N3O/c1-13(2,3)10-11-6-8-15-12(16-11)14-7-5-9-17-4/h6,8H,5,7,9-10H2,1-4H3,(H,14,15,16). The van der Waals surface area contributed by atoms with E-state index in [9.17, 15) is 0 Å². The first-order chi connectivity index (χ1) is 8.01. The zero-order chi connectivity index (χ0) is 12.7. The van der Waals surface area contributed by atoms with Crippen LogP contribution in [-0.2, 0) is 11.2 Å². The molecule has 0 aliphatic carbocycles. The summed E-state index contributed by atoms with van der Waals surface area (Å²) in [6.07, 6.45) is 3.73. The zero-order valence-corrected chi connectivity index (χ0v) is 11.3. The summed E-state index contributed by atoms with van der Waals surface area (Å²) in [7, 11) is 1.71. The molecule has 1 aromatic rings. The van der Waals surface area contributed by atoms with Crippen molar-refractivity contribution in [1.82, 2.24) is 9.97 Å². The summed E-state index contributed by atoms with van der Waals surface area (Å²) in [5.74, 6) is 0.711. The van der Waals surface area contributed by atoms with E-state index in [0.717, 1.165) is 31.7 Å². The molecule has 0 atom stereocenters. The third-order valence-electron chi connectivity index (χ3n) is 2.23. The van der Waals surface area contributed by atoms with Crippen LogP contribution in [-0.4, -0.2) is 30.2 Å². The number of aromatic nitrogens is 2. The highest BCUT2D eigenvalue weighted by atomic mass is 16.5. The Morgan fingerprint density at radius 1 is 1.35 bits per heavy atom. The van der Waals surface area contributed by atoms with Crippen LogP contribution in [0.4, 0.5) is 5.95 Å². The van der Waals surface area contributed by atoms with E-state index in [0.29, 0.717) is 5.95 Å². The van der Waals surface area contributed by atoms with Gasteiger partial charge in [-0.2, -0.15) is 0 Å². The fourth-order valence-electron chi connectivity index (χ4n) is 1.54. The molecule has 0 radical (unpaired) electrons. The molecular formula is C13H23N3O. The molecule has 1 rings (SSSR count). The molecular weight excluding hydrogens is 214 g/mol. The Kier molecular flexibility index (Phi) is 5.35. The molecule has 0 aliphatic rings. The van der Waals surface area contributed by atoms with Gasteiger partial charge in [-0.3, -0.25) is 0 Å². The van der Waals surface area contributed by atoms with Crippen molar-refractivity contribution >= 4 is 5.95 Å². The van der Waals surface area contributed by atoms with Crippen molar-refractivity contribution in [3.63, 3.8) is 0 Å². The zero-order valence-electron chi connectivity index (χ0n) is 11.3. The second kappa shape index (κ2) is 6.55. The Hall–Kier alpha value is -1.16. The smallest absolute Gasteiger partial charge is 0.222 e. The maximum Gasteiger partial charge on any atom is 0.222 e. The van der Waals surface area contributed by atoms with E-state index in [1.54, 1.807) is 7.11 Å². The van der Waals surface area contributed by atoms with Crippen LogP contribution in [0.2, 0.25) is 0 Å². The molecule has 0 fully saturated rings. The van der Waals surface area contributed by atoms with Gasteiger partial charge in [-0.05, 0) is 24.3 Å². The van der Waals surface area contributed by atoms with Crippen LogP contribution in [0.25, 0.3) is 0 Å². The summed E-state index contributed by atoms with van der Waals surface area (Å²) >= 11 is 0. The van der Waals surface area contributed by atoms with Gasteiger partial charge in [-0.15, -0.1) is 0 Å². The van der Waals surface area contributed by atoms with Gasteiger partial charge >= 0.3 is 0 Å². The molecule has 0 bridgehead atoms. The van der Waals surface area contributed by atoms with Crippen LogP contribution in [0.3, 0.4) is 0 Å². The summed E-state index contributed by atoms with van der Waals surface area (Å²) in [5, 5.41) is 3.20. The number of anilines is 1. The van der Waals surface area contributed by atoms with Crippen molar-refractivity contribution in [2.45, 2.75) is 33.6 Å². The van der Waals surface area contributed by atoms with E-state index in [2.05, 4.69) is 36.1 Å². The quantitative estimate of drug-likeness (QED) is 0.772. The lowest BCUT2D eigenvalue weighted by Crippen LogP contribution is -2.13. The van der Waals surface area contributed by atoms with Gasteiger partial charge in [0.2, 0.25) is 5.95 Å². The third-order valence-corrected chi connectivity index (χ3v) is 2.23. The van der Waals surface area contributed by atoms with E-state index < -0.39 is 0 Å². The first-order valence-electron chi connectivity index (χ1n) is 6.06. The Morgan fingerprint density at radius 3 is 2.76 bits per heavy atom. The largest absolute Gasteiger partial charge is 0.385 e. The fourth-order valence-corrected chi connectivity index (χ4v) is 1.54. The number of ether oxygens (including phenoxy) is 1. The highest BCUT2D eigenvalue weighted by Crippen LogP contribution is 2.19. The third kappa shape index (κ3) is 6.22. The molecule has 1 heterocycles. The van der Waals surface area contributed by atoms with Gasteiger partial charge in [0.15, 0.2) is 0 Å². The Labute approximate surface area is 104 Å². The van der Waals surface area contributed by atoms with Crippen LogP contribution in [0.1, 0.15) is 32.9 Å². The van der Waals surface area contributed by atoms with Crippen molar-refractivity contribution in [2.24, 2.45) is 5.41 Å². The summed E-state index contributed by atoms with van der Waals surface area (Å²) in [6, 6.07) is 1.98. The predicted molar refractivity (Wildman–Crippen MR) is 70.2 cm³/mol. The number of methoxy groups -OCH3 is 1. The first kappa shape index (κ1) is 13.9. The molecule has 0 aromatic carbocycles. The Bertz CT molecular complexity index is 334. The predicted octanol–water partition coefficient (Wildman–Crippen LogP) is 2.51. The lowest BCUT2D eigenvalue weighted by atomic mass is 9.90. The lowest BCUT2D eigenvalue weighted by molar-refractivity contribution is 0.197. The van der Waals surface area contributed by atoms with E-state index in [-0.39, 0.29) is 5.41 Å². The number of hydrogen-bond donors (Lipinski definition) is 1. The van der Waals surface area contributed by atoms with E-state index >= 15 is 0 Å². The monoisotopic (exact) mass is 237 g/mol. The number of rotatable bonds is 6. The van der Waals surface area contributed by atoms with Crippen molar-refractivity contribution < 1.29 is 4.74 Å². The van der Waals surface area contributed by atoms with E-state index in [4.69, 9.17) is 4.74 Å². The van der Waals surface area contributed by atoms with Gasteiger partial charge in [0.05, 0.1) is 0 Å². The minimum Gasteiger partial charge on any atom is -0.385 e. The molecule has 96 valence electrons. The maximum absolute atomic E-state index is 4.99. The van der Waals surface area contributed by atoms with Gasteiger partial charge < -0.3 is 10.1 Å². The molecule has 4 heteroatoms. The van der Waals surface area contributed by atoms with Crippen LogP contribution in [0.15, 0.2) is 12.3 Å². The second-order valence-electron chi connectivity index (χ2n) is 5.38. The van der Waals surface area contributed by atoms with Gasteiger partial charge in [0, 0.05) is 32.2 Å². The molecule has 1 aromatic heterocycles. The van der Waals surface area contributed by atoms with E-state index in [1.165, 1.54) is 0 Å². The molecule has 0 spiro atoms. The van der Waals surface area contributed by atoms with Gasteiger partial charge in [0.25, 0.3) is 0 Å². The minimum absolute atomic E-state index is 0.252. The molecule has 0 unspecified atom stereocenters. The minimum atomic E-state index is 0.252. The van der Waals surface area contributed by atoms with Gasteiger partial charge in [-0.1, -0.05) is 20.8 Å². The summed E-state index contributed by atoms with van der Waals surface area (Å²) < 4.78 is 4.99. The van der Waals surface area contributed by atoms with Crippen molar-refractivity contribution in [3.8, 4) is 0 Å². The molecule has 0 aliphatic heterocycles. The fraction of sp³-hybridized carbons (Fsp3) is 0.692. The van der Waals surface area contributed by atoms with Crippen molar-refractivity contribution in [3.05, 3.63) is 18.0 Å². The summed E-state index contributed by atoms with van der Waals surface area (Å²) in [4.78, 5) is 8.70. The molecule has 4 nitrogen and oxygen atoms in total. The molecule has 0 saturated heterocycles. The molecule has 0 amide bonds. The topological polar surface area (TPSA) is 47.0 Å². The molecule has 17 heavy (non-hydrogen) atoms. The highest BCUT2D eigenvalue weighted by molar-refractivity contribution is 5.25. The number of nitrogens with one attached hydrogen (secondary N) is 1. The van der Waals surface area contributed by atoms with Crippen LogP contribution in [0, 0.1) is 5.41 Å². The van der Waals surface area contributed by atoms with Gasteiger partial charge in [-0.25, -0.2) is 9.97 Å². The molecule has 0 saturated carbocycles. The van der Waals surface area contributed by atoms with Gasteiger partial charge in [0.1, 0.15) is 0 Å². The van der Waals surface area contributed by atoms with E-state index in [1.807, 2.05) is 12.3 Å². The normalized spacial score (nSPS) is 11.5. The first-order valence-corrected chi connectivity index (χ1v) is 6.06.